The minimum absolute atomic E-state index is 0. The maximum Gasteiger partial charge on any atom is 3.00 e. The molecule has 63 valence electrons. The van der Waals surface area contributed by atoms with Gasteiger partial charge in [-0.15, -0.1) is 16.0 Å². The third kappa shape index (κ3) is 1010. The van der Waals surface area contributed by atoms with Crippen molar-refractivity contribution >= 4 is 0 Å². The Morgan fingerprint density at radius 1 is 0.700 bits per heavy atom. The zero-order chi connectivity index (χ0) is 8.12. The van der Waals surface area contributed by atoms with E-state index in [0.29, 0.717) is 0 Å². The van der Waals surface area contributed by atoms with Crippen LogP contribution in [0, 0.1) is 67.6 Å². The van der Waals surface area contributed by atoms with Gasteiger partial charge in [0, 0.05) is 0 Å². The molecule has 0 aliphatic heterocycles. The molecule has 0 saturated heterocycles. The molecule has 0 aromatic carbocycles. The Morgan fingerprint density at radius 2 is 0.700 bits per heavy atom. The van der Waals surface area contributed by atoms with Crippen LogP contribution in [-0.2, 0) is 0 Å². The second kappa shape index (κ2) is 78.2. The van der Waals surface area contributed by atoms with Crippen LogP contribution in [0.1, 0.15) is 0 Å². The Hall–Kier alpha value is -0.553. The summed E-state index contributed by atoms with van der Waals surface area (Å²) in [6.07, 6.45) is 0. The Morgan fingerprint density at radius 3 is 0.700 bits per heavy atom. The van der Waals surface area contributed by atoms with Crippen molar-refractivity contribution in [3.8, 4) is 0 Å². The van der Waals surface area contributed by atoms with Gasteiger partial charge in [0.1, 0.15) is 0 Å². The van der Waals surface area contributed by atoms with Crippen molar-refractivity contribution in [2.24, 2.45) is 16.0 Å². The first-order valence-corrected chi connectivity index (χ1v) is 1.10. The van der Waals surface area contributed by atoms with Crippen molar-refractivity contribution in [2.45, 2.75) is 0 Å². The van der Waals surface area contributed by atoms with E-state index in [1.165, 1.54) is 0 Å². The molecule has 0 bridgehead atoms. The van der Waals surface area contributed by atoms with Crippen LogP contribution in [0.15, 0.2) is 16.0 Å². The standard InChI is InChI=1S/Er.3HNO2/c;3*2-1-3/h;3*(H,2,3)/q+3;;;/p-3. The molecule has 0 spiro atoms. The molecule has 9 nitrogen and oxygen atoms in total. The van der Waals surface area contributed by atoms with Gasteiger partial charge >= 0.3 is 37.3 Å². The van der Waals surface area contributed by atoms with Crippen LogP contribution in [0.25, 0.3) is 0 Å². The van der Waals surface area contributed by atoms with Crippen molar-refractivity contribution < 1.29 is 37.3 Å². The average Bonchev–Trinajstić information content (AvgIpc) is 1.70. The fraction of sp³-hybridized carbons (Fsp3) is 0. The van der Waals surface area contributed by atoms with Gasteiger partial charge in [-0.2, -0.15) is 0 Å². The molecule has 0 N–H and O–H groups in total. The molecule has 0 aliphatic rings. The van der Waals surface area contributed by atoms with Crippen molar-refractivity contribution in [3.63, 3.8) is 0 Å². The van der Waals surface area contributed by atoms with E-state index in [-0.39, 0.29) is 37.3 Å². The normalized spacial score (nSPS) is 3.60. The third-order valence-corrected chi connectivity index (χ3v) is 0. The first-order chi connectivity index (χ1) is 4.24. The van der Waals surface area contributed by atoms with Gasteiger partial charge in [0.25, 0.3) is 0 Å². The van der Waals surface area contributed by atoms with Crippen LogP contribution in [0.4, 0.5) is 0 Å². The predicted octanol–water partition coefficient (Wildman–Crippen LogP) is 0.752. The third-order valence-electron chi connectivity index (χ3n) is 0. The summed E-state index contributed by atoms with van der Waals surface area (Å²) in [6.45, 7) is 0. The van der Waals surface area contributed by atoms with Crippen molar-refractivity contribution in [1.82, 2.24) is 0 Å². The second-order valence-corrected chi connectivity index (χ2v) is 0.224. The maximum atomic E-state index is 8.00. The molecule has 0 fully saturated rings. The zero-order valence-electron chi connectivity index (χ0n) is 4.08. The molecule has 10 heteroatoms. The summed E-state index contributed by atoms with van der Waals surface area (Å²) in [7, 11) is 0. The topological polar surface area (TPSA) is 157 Å². The first kappa shape index (κ1) is 22.7. The van der Waals surface area contributed by atoms with E-state index in [1.807, 2.05) is 0 Å². The number of nitrogens with zero attached hydrogens (tertiary/aromatic N) is 3. The molecule has 0 atom stereocenters. The summed E-state index contributed by atoms with van der Waals surface area (Å²) in [5.41, 5.74) is 0. The molecular weight excluding hydrogens is 305 g/mol. The largest absolute Gasteiger partial charge is 3.00 e. The molecule has 0 aromatic heterocycles. The summed E-state index contributed by atoms with van der Waals surface area (Å²) >= 11 is 0. The summed E-state index contributed by atoms with van der Waals surface area (Å²) in [5, 5.41) is 27.0. The molecule has 0 aromatic rings. The van der Waals surface area contributed by atoms with Crippen molar-refractivity contribution in [1.29, 1.82) is 0 Å². The van der Waals surface area contributed by atoms with Gasteiger partial charge in [-0.25, -0.2) is 0 Å². The number of rotatable bonds is 0. The van der Waals surface area contributed by atoms with Gasteiger partial charge in [0.05, 0.1) is 0 Å². The second-order valence-electron chi connectivity index (χ2n) is 0.224. The Kier molecular flexibility index (Phi) is 178. The molecule has 0 amide bonds. The predicted molar refractivity (Wildman–Crippen MR) is 27.5 cm³/mol. The number of hydrogen-bond acceptors (Lipinski definition) is 9. The SMILES string of the molecule is O=N[O-].O=N[O-].O=N[O-].[Er+3]. The molecule has 0 aliphatic carbocycles. The molecule has 0 saturated carbocycles. The quantitative estimate of drug-likeness (QED) is 0.474. The first-order valence-electron chi connectivity index (χ1n) is 1.10. The maximum absolute atomic E-state index is 8.00. The smallest absolute Gasteiger partial charge is 0.444 e. The molecule has 0 rings (SSSR count). The van der Waals surface area contributed by atoms with E-state index in [1.54, 1.807) is 0 Å². The van der Waals surface area contributed by atoms with E-state index in [0.717, 1.165) is 16.0 Å². The molecule has 1 radical (unpaired) electrons. The molecular formula is ErN3O6. The van der Waals surface area contributed by atoms with Crippen LogP contribution >= 0.6 is 0 Å². The number of hydrogen-bond donors (Lipinski definition) is 0. The van der Waals surface area contributed by atoms with Crippen LogP contribution in [0.2, 0.25) is 0 Å². The van der Waals surface area contributed by atoms with Gasteiger partial charge in [-0.1, -0.05) is 0 Å². The van der Waals surface area contributed by atoms with Crippen LogP contribution in [0.5, 0.6) is 0 Å². The summed E-state index contributed by atoms with van der Waals surface area (Å²) in [6, 6.07) is 0. The fourth-order valence-corrected chi connectivity index (χ4v) is 0. The summed E-state index contributed by atoms with van der Waals surface area (Å²) in [4.78, 5) is 24.0. The van der Waals surface area contributed by atoms with Gasteiger partial charge in [-0.3, -0.25) is 0 Å². The Balaban J connectivity index is -0.0000000257. The molecule has 0 unspecified atom stereocenters. The van der Waals surface area contributed by atoms with Gasteiger partial charge in [0.15, 0.2) is 0 Å². The van der Waals surface area contributed by atoms with Crippen molar-refractivity contribution in [2.75, 3.05) is 0 Å². The summed E-state index contributed by atoms with van der Waals surface area (Å²) in [5.74, 6) is 0. The van der Waals surface area contributed by atoms with Gasteiger partial charge < -0.3 is 30.3 Å². The fourth-order valence-electron chi connectivity index (χ4n) is 0. The molecule has 0 heterocycles. The van der Waals surface area contributed by atoms with Crippen LogP contribution in [-0.4, -0.2) is 0 Å². The van der Waals surface area contributed by atoms with E-state index < -0.39 is 0 Å². The van der Waals surface area contributed by atoms with E-state index in [9.17, 15) is 0 Å². The monoisotopic (exact) mass is 304 g/mol. The Bertz CT molecular complexity index is 49.7. The van der Waals surface area contributed by atoms with Gasteiger partial charge in [-0.05, 0) is 0 Å². The molecule has 10 heavy (non-hydrogen) atoms. The van der Waals surface area contributed by atoms with Crippen LogP contribution in [0.3, 0.4) is 0 Å². The van der Waals surface area contributed by atoms with Crippen molar-refractivity contribution in [3.05, 3.63) is 30.3 Å². The van der Waals surface area contributed by atoms with E-state index in [4.69, 9.17) is 30.3 Å². The average molecular weight is 305 g/mol. The minimum atomic E-state index is 0. The van der Waals surface area contributed by atoms with Crippen LogP contribution < -0.4 is 0 Å². The Labute approximate surface area is 83.4 Å². The minimum Gasteiger partial charge on any atom is -0.444 e. The van der Waals surface area contributed by atoms with E-state index >= 15 is 0 Å². The zero-order valence-corrected chi connectivity index (χ0v) is 5.93. The van der Waals surface area contributed by atoms with E-state index in [2.05, 4.69) is 0 Å². The summed E-state index contributed by atoms with van der Waals surface area (Å²) < 4.78 is 0. The van der Waals surface area contributed by atoms with Gasteiger partial charge in [0.2, 0.25) is 0 Å².